The number of halogens is 7. The molecule has 6 atom stereocenters. The summed E-state index contributed by atoms with van der Waals surface area (Å²) in [5.41, 5.74) is 13.3. The highest BCUT2D eigenvalue weighted by atomic mass is 79.9. The van der Waals surface area contributed by atoms with Crippen LogP contribution >= 0.6 is 85.5 Å². The third-order valence-electron chi connectivity index (χ3n) is 21.3. The molecule has 35 heteroatoms. The number of aryl methyl sites for hydroxylation is 3. The van der Waals surface area contributed by atoms with Crippen LogP contribution in [-0.4, -0.2) is 195 Å². The number of anilines is 3. The first-order valence-corrected chi connectivity index (χ1v) is 39.0. The van der Waals surface area contributed by atoms with E-state index in [2.05, 4.69) is 78.8 Å². The van der Waals surface area contributed by atoms with Crippen molar-refractivity contribution in [2.75, 3.05) is 73.8 Å². The monoisotopic (exact) mass is 1680 g/mol. The number of nitrogens with one attached hydrogen (secondary N) is 2. The van der Waals surface area contributed by atoms with Crippen molar-refractivity contribution < 1.29 is 43.3 Å². The third-order valence-corrected chi connectivity index (χ3v) is 24.7. The Bertz CT molecular complexity index is 4770. The molecule has 12 heterocycles. The summed E-state index contributed by atoms with van der Waals surface area (Å²) in [7, 11) is -1.57. The van der Waals surface area contributed by atoms with E-state index in [1.54, 1.807) is 43.2 Å². The van der Waals surface area contributed by atoms with Crippen molar-refractivity contribution in [1.82, 2.24) is 69.4 Å². The van der Waals surface area contributed by atoms with Gasteiger partial charge in [-0.05, 0) is 156 Å². The van der Waals surface area contributed by atoms with Crippen molar-refractivity contribution in [3.63, 3.8) is 0 Å². The fourth-order valence-corrected chi connectivity index (χ4v) is 17.1. The minimum absolute atomic E-state index is 0. The van der Waals surface area contributed by atoms with Gasteiger partial charge in [0.1, 0.15) is 34.8 Å². The van der Waals surface area contributed by atoms with Crippen LogP contribution in [0.15, 0.2) is 78.2 Å². The standard InChI is InChI=1S/C26H32Cl2N6O3.C21H24Cl2N6O.C20H29BrN6O3.C6H5BCl2O2.CH4/c1-15-20(17-7-6-8-18(27)19(17)28)34-14-29-32-23(34)22(30-15)33-11-9-26(10-12-33)13-36-16(2)21(26)31-24(35)37-25(3,4)5;1-12-17(14-4-3-5-15(22)16(14)23)29-11-25-27-20(29)19(26-12)28-8-6-21(7-9-28)10-30-13(2)18(21)24;1-12-15(21)27-11-22-25-17(27)16(23-12)26-8-6-20(7-9-26)10-29-13(2)14(20)24-18(28)30-19(3,4)5;8-5-3-1-2-4(6(5)9)7(10)11;/h6-8,14,16,21H,9-13H2,1-5H3,(H,31,35);3-5,11,13,18H,6-10,24H2,1-2H3;11,13-14H,6-10H2,1-5H3,(H,24,28);1-3,10-11H;1H4/t16-,21+;13-,18+;13-,14+;;/m000../s1. The number of aromatic nitrogens is 12. The van der Waals surface area contributed by atoms with Gasteiger partial charge in [-0.1, -0.05) is 113 Å². The summed E-state index contributed by atoms with van der Waals surface area (Å²) in [6, 6.07) is 15.7. The highest BCUT2D eigenvalue weighted by Gasteiger charge is 2.53. The maximum Gasteiger partial charge on any atom is 0.490 e. The molecule has 6 N–H and O–H groups in total. The number of carbonyl (C=O) groups is 2. The number of hydrogen-bond donors (Lipinski definition) is 5. The molecule has 109 heavy (non-hydrogen) atoms. The van der Waals surface area contributed by atoms with Crippen LogP contribution < -0.4 is 36.5 Å². The Kier molecular flexibility index (Phi) is 25.6. The summed E-state index contributed by atoms with van der Waals surface area (Å²) < 4.78 is 35.5. The molecule has 586 valence electrons. The number of benzene rings is 3. The fourth-order valence-electron chi connectivity index (χ4n) is 15.6. The van der Waals surface area contributed by atoms with Crippen LogP contribution in [0, 0.1) is 37.0 Å². The summed E-state index contributed by atoms with van der Waals surface area (Å²) in [6.07, 6.45) is 9.62. The molecule has 0 unspecified atom stereocenters. The molecule has 6 fully saturated rings. The number of piperidine rings is 3. The molecule has 3 spiro atoms. The van der Waals surface area contributed by atoms with E-state index in [4.69, 9.17) is 124 Å². The van der Waals surface area contributed by atoms with E-state index < -0.39 is 24.4 Å². The number of ether oxygens (including phenoxy) is 5. The lowest BCUT2D eigenvalue weighted by Gasteiger charge is -2.43. The van der Waals surface area contributed by atoms with Crippen LogP contribution in [0.25, 0.3) is 39.5 Å². The van der Waals surface area contributed by atoms with E-state index >= 15 is 0 Å². The molecule has 6 saturated heterocycles. The minimum atomic E-state index is -1.57. The first-order chi connectivity index (χ1) is 51.1. The maximum atomic E-state index is 12.6. The van der Waals surface area contributed by atoms with E-state index in [0.29, 0.717) is 49.6 Å². The quantitative estimate of drug-likeness (QED) is 0.0883. The topological polar surface area (TPSA) is 310 Å². The van der Waals surface area contributed by atoms with E-state index in [-0.39, 0.29) is 76.7 Å². The Morgan fingerprint density at radius 3 is 1.24 bits per heavy atom. The van der Waals surface area contributed by atoms with Crippen LogP contribution in [0.1, 0.15) is 125 Å². The zero-order valence-corrected chi connectivity index (χ0v) is 68.4. The van der Waals surface area contributed by atoms with Crippen LogP contribution in [0.4, 0.5) is 27.0 Å². The van der Waals surface area contributed by atoms with Gasteiger partial charge in [-0.25, -0.2) is 24.5 Å². The van der Waals surface area contributed by atoms with E-state index in [0.717, 1.165) is 152 Å². The number of rotatable bonds is 8. The molecular weight excluding hydrogens is 1590 g/mol. The van der Waals surface area contributed by atoms with Crippen molar-refractivity contribution in [2.45, 2.75) is 177 Å². The van der Waals surface area contributed by atoms with Crippen molar-refractivity contribution >= 4 is 145 Å². The summed E-state index contributed by atoms with van der Waals surface area (Å²) in [6.45, 7) is 30.0. The highest BCUT2D eigenvalue weighted by molar-refractivity contribution is 9.10. The highest BCUT2D eigenvalue weighted by Crippen LogP contribution is 2.48. The molecule has 0 saturated carbocycles. The molecule has 2 amide bonds. The van der Waals surface area contributed by atoms with E-state index in [1.807, 2.05) is 114 Å². The van der Waals surface area contributed by atoms with Gasteiger partial charge in [0.15, 0.2) is 17.5 Å². The number of carbonyl (C=O) groups excluding carboxylic acids is 2. The number of nitrogens with two attached hydrogens (primary N) is 1. The van der Waals surface area contributed by atoms with Gasteiger partial charge in [0.25, 0.3) is 0 Å². The molecule has 3 aromatic carbocycles. The Hall–Kier alpha value is -6.71. The molecule has 6 aromatic heterocycles. The molecule has 0 bridgehead atoms. The summed E-state index contributed by atoms with van der Waals surface area (Å²) in [5, 5.41) is 51.5. The molecule has 0 aliphatic carbocycles. The number of hydrogen-bond acceptors (Lipinski definition) is 22. The first-order valence-electron chi connectivity index (χ1n) is 35.9. The third kappa shape index (κ3) is 17.4. The predicted octanol–water partition coefficient (Wildman–Crippen LogP) is 13.4. The van der Waals surface area contributed by atoms with Crippen LogP contribution in [0.2, 0.25) is 30.1 Å². The normalized spacial score (nSPS) is 21.4. The van der Waals surface area contributed by atoms with Gasteiger partial charge in [-0.3, -0.25) is 13.2 Å². The van der Waals surface area contributed by atoms with Gasteiger partial charge in [0, 0.05) is 78.1 Å². The van der Waals surface area contributed by atoms with Gasteiger partial charge in [-0.2, -0.15) is 0 Å². The lowest BCUT2D eigenvalue weighted by atomic mass is 9.73. The van der Waals surface area contributed by atoms with E-state index in [1.165, 1.54) is 6.07 Å². The van der Waals surface area contributed by atoms with Gasteiger partial charge in [0.05, 0.1) is 109 Å². The molecule has 9 aromatic rings. The van der Waals surface area contributed by atoms with Gasteiger partial charge in [0.2, 0.25) is 16.9 Å². The zero-order chi connectivity index (χ0) is 77.7. The fraction of sp³-hybridized carbons (Fsp3) is 0.527. The lowest BCUT2D eigenvalue weighted by molar-refractivity contribution is 0.0425. The Morgan fingerprint density at radius 2 is 0.872 bits per heavy atom. The molecule has 6 aliphatic rings. The number of amides is 2. The Morgan fingerprint density at radius 1 is 0.532 bits per heavy atom. The largest absolute Gasteiger partial charge is 0.490 e. The summed E-state index contributed by atoms with van der Waals surface area (Å²) >= 11 is 40.4. The van der Waals surface area contributed by atoms with E-state index in [9.17, 15) is 9.59 Å². The summed E-state index contributed by atoms with van der Waals surface area (Å²) in [5.74, 6) is 2.45. The zero-order valence-electron chi connectivity index (χ0n) is 62.3. The average molecular weight is 1680 g/mol. The average Bonchev–Trinajstić information content (AvgIpc) is 1.71. The van der Waals surface area contributed by atoms with Crippen molar-refractivity contribution in [3.8, 4) is 22.5 Å². The Labute approximate surface area is 673 Å². The SMILES string of the molecule is C.Cc1nc(N2CCC3(CC2)CO[C@@H](C)[C@H]3N)c2nncn2c1-c1cccc(Cl)c1Cl.Cc1nc(N2CCC3(CC2)CO[C@@H](C)[C@H]3NC(=O)OC(C)(C)C)c2nncn2c1-c1cccc(Cl)c1Cl.Cc1nc(N2CCC3(CC2)CO[C@@H](C)[C@H]3NC(=O)OC(C)(C)C)c2nncn2c1Br.OB(O)c1cccc(Cl)c1Cl. The predicted molar refractivity (Wildman–Crippen MR) is 430 cm³/mol. The lowest BCUT2D eigenvalue weighted by Crippen LogP contribution is -2.55. The second-order valence-corrected chi connectivity index (χ2v) is 33.8. The summed E-state index contributed by atoms with van der Waals surface area (Å²) in [4.78, 5) is 46.4. The van der Waals surface area contributed by atoms with Gasteiger partial charge >= 0.3 is 19.3 Å². The molecule has 6 aliphatic heterocycles. The second-order valence-electron chi connectivity index (χ2n) is 30.7. The molecule has 0 radical (unpaired) electrons. The minimum Gasteiger partial charge on any atom is -0.444 e. The molecule has 27 nitrogen and oxygen atoms in total. The van der Waals surface area contributed by atoms with Crippen molar-refractivity contribution in [1.29, 1.82) is 0 Å². The van der Waals surface area contributed by atoms with Gasteiger partial charge < -0.3 is 64.8 Å². The smallest absolute Gasteiger partial charge is 0.444 e. The number of nitrogens with zero attached hydrogens (tertiary/aromatic N) is 15. The van der Waals surface area contributed by atoms with Crippen LogP contribution in [0.3, 0.4) is 0 Å². The number of alkyl carbamates (subject to hydrolysis) is 2. The Balaban J connectivity index is 0.000000152. The first kappa shape index (κ1) is 83.2. The second kappa shape index (κ2) is 33.5. The van der Waals surface area contributed by atoms with Crippen LogP contribution in [-0.2, 0) is 23.7 Å². The number of fused-ring (bicyclic) bond motifs is 3. The molecular formula is C74H94BBrCl6N18O9. The van der Waals surface area contributed by atoms with Crippen molar-refractivity contribution in [2.24, 2.45) is 22.0 Å². The molecule has 15 rings (SSSR count). The van der Waals surface area contributed by atoms with Crippen molar-refractivity contribution in [3.05, 3.63) is 125 Å². The van der Waals surface area contributed by atoms with Crippen LogP contribution in [0.5, 0.6) is 0 Å². The van der Waals surface area contributed by atoms with Gasteiger partial charge in [-0.15, -0.1) is 30.6 Å². The maximum absolute atomic E-state index is 12.6.